The average molecular weight is 338 g/mol. The van der Waals surface area contributed by atoms with Gasteiger partial charge in [0.1, 0.15) is 6.04 Å². The van der Waals surface area contributed by atoms with Crippen LogP contribution in [0.5, 0.6) is 0 Å². The summed E-state index contributed by atoms with van der Waals surface area (Å²) in [6, 6.07) is -0.374. The van der Waals surface area contributed by atoms with Crippen LogP contribution in [0.3, 0.4) is 0 Å². The topological polar surface area (TPSA) is 82.2 Å². The predicted molar refractivity (Wildman–Crippen MR) is 86.2 cm³/mol. The molecule has 0 aromatic rings. The normalized spacial score (nSPS) is 25.7. The Balaban J connectivity index is 1.38. The van der Waals surface area contributed by atoms with Crippen molar-refractivity contribution in [3.63, 3.8) is 0 Å². The Hall–Kier alpha value is -1.67. The lowest BCUT2D eigenvalue weighted by atomic mass is 10.2. The average Bonchev–Trinajstić information content (AvgIpc) is 3.06. The van der Waals surface area contributed by atoms with E-state index in [1.54, 1.807) is 4.90 Å². The highest BCUT2D eigenvalue weighted by Crippen LogP contribution is 2.12. The molecule has 134 valence electrons. The molecule has 0 spiro atoms. The van der Waals surface area contributed by atoms with Crippen LogP contribution in [0.15, 0.2) is 0 Å². The third-order valence-corrected chi connectivity index (χ3v) is 4.98. The number of ether oxygens (including phenoxy) is 1. The summed E-state index contributed by atoms with van der Waals surface area (Å²) in [6.45, 7) is 6.30. The Labute approximate surface area is 142 Å². The maximum atomic E-state index is 12.3. The van der Waals surface area contributed by atoms with Crippen LogP contribution in [-0.2, 0) is 19.1 Å². The number of piperazine rings is 1. The lowest BCUT2D eigenvalue weighted by Gasteiger charge is -2.36. The van der Waals surface area contributed by atoms with Gasteiger partial charge in [0.25, 0.3) is 0 Å². The molecule has 0 aliphatic carbocycles. The van der Waals surface area contributed by atoms with E-state index < -0.39 is 0 Å². The van der Waals surface area contributed by atoms with Crippen LogP contribution in [0, 0.1) is 0 Å². The van der Waals surface area contributed by atoms with Gasteiger partial charge in [0.2, 0.25) is 17.7 Å². The molecule has 1 unspecified atom stereocenters. The summed E-state index contributed by atoms with van der Waals surface area (Å²) < 4.78 is 5.31. The van der Waals surface area contributed by atoms with Crippen LogP contribution in [0.1, 0.15) is 19.3 Å². The van der Waals surface area contributed by atoms with Gasteiger partial charge in [-0.2, -0.15) is 0 Å². The smallest absolute Gasteiger partial charge is 0.245 e. The minimum atomic E-state index is -0.374. The molecule has 0 aromatic carbocycles. The summed E-state index contributed by atoms with van der Waals surface area (Å²) >= 11 is 0. The molecule has 1 N–H and O–H groups in total. The van der Waals surface area contributed by atoms with E-state index >= 15 is 0 Å². The second kappa shape index (κ2) is 7.94. The largest absolute Gasteiger partial charge is 0.379 e. The molecule has 3 amide bonds. The Morgan fingerprint density at radius 2 is 1.71 bits per heavy atom. The number of hydrogen-bond acceptors (Lipinski definition) is 5. The van der Waals surface area contributed by atoms with E-state index in [0.717, 1.165) is 32.8 Å². The number of amides is 3. The third kappa shape index (κ3) is 4.24. The van der Waals surface area contributed by atoms with Crippen molar-refractivity contribution in [3.8, 4) is 0 Å². The summed E-state index contributed by atoms with van der Waals surface area (Å²) in [4.78, 5) is 41.8. The minimum absolute atomic E-state index is 0.0127. The van der Waals surface area contributed by atoms with Gasteiger partial charge in [-0.15, -0.1) is 0 Å². The van der Waals surface area contributed by atoms with E-state index in [4.69, 9.17) is 4.74 Å². The molecule has 3 heterocycles. The van der Waals surface area contributed by atoms with Gasteiger partial charge in [-0.05, 0) is 6.42 Å². The van der Waals surface area contributed by atoms with Gasteiger partial charge in [-0.25, -0.2) is 0 Å². The fourth-order valence-corrected chi connectivity index (χ4v) is 3.43. The quantitative estimate of drug-likeness (QED) is 0.686. The van der Waals surface area contributed by atoms with Crippen molar-refractivity contribution in [3.05, 3.63) is 0 Å². The van der Waals surface area contributed by atoms with Gasteiger partial charge in [-0.3, -0.25) is 19.3 Å². The standard InChI is InChI=1S/C16H26N4O4/c21-14-2-1-13(17-14)16(23)20-7-5-19(6-8-20)15(22)3-4-18-9-11-24-12-10-18/h13H,1-12H2,(H,17,21). The number of hydrogen-bond donors (Lipinski definition) is 1. The van der Waals surface area contributed by atoms with Crippen LogP contribution in [-0.4, -0.2) is 97.5 Å². The molecular formula is C16H26N4O4. The van der Waals surface area contributed by atoms with E-state index in [-0.39, 0.29) is 23.8 Å². The van der Waals surface area contributed by atoms with Crippen molar-refractivity contribution in [1.29, 1.82) is 0 Å². The lowest BCUT2D eigenvalue weighted by molar-refractivity contribution is -0.141. The highest BCUT2D eigenvalue weighted by Gasteiger charge is 2.32. The molecule has 1 atom stereocenters. The first-order valence-corrected chi connectivity index (χ1v) is 8.79. The molecular weight excluding hydrogens is 312 g/mol. The number of nitrogens with zero attached hydrogens (tertiary/aromatic N) is 3. The maximum absolute atomic E-state index is 12.3. The summed E-state index contributed by atoms with van der Waals surface area (Å²) in [6.07, 6.45) is 1.53. The van der Waals surface area contributed by atoms with Gasteiger partial charge >= 0.3 is 0 Å². The number of morpholine rings is 1. The van der Waals surface area contributed by atoms with Crippen molar-refractivity contribution >= 4 is 17.7 Å². The first-order valence-electron chi connectivity index (χ1n) is 8.79. The zero-order valence-electron chi connectivity index (χ0n) is 14.0. The predicted octanol–water partition coefficient (Wildman–Crippen LogP) is -1.34. The molecule has 24 heavy (non-hydrogen) atoms. The molecule has 8 nitrogen and oxygen atoms in total. The van der Waals surface area contributed by atoms with Crippen molar-refractivity contribution in [2.24, 2.45) is 0 Å². The lowest BCUT2D eigenvalue weighted by Crippen LogP contribution is -2.54. The van der Waals surface area contributed by atoms with Crippen molar-refractivity contribution in [2.45, 2.75) is 25.3 Å². The van der Waals surface area contributed by atoms with E-state index in [0.29, 0.717) is 45.4 Å². The van der Waals surface area contributed by atoms with Gasteiger partial charge in [-0.1, -0.05) is 0 Å². The Morgan fingerprint density at radius 3 is 2.33 bits per heavy atom. The fraction of sp³-hybridized carbons (Fsp3) is 0.812. The van der Waals surface area contributed by atoms with E-state index in [2.05, 4.69) is 10.2 Å². The summed E-state index contributed by atoms with van der Waals surface area (Å²) in [5, 5.41) is 2.72. The number of rotatable bonds is 4. The van der Waals surface area contributed by atoms with Gasteiger partial charge in [0, 0.05) is 58.7 Å². The van der Waals surface area contributed by atoms with Crippen molar-refractivity contribution < 1.29 is 19.1 Å². The van der Waals surface area contributed by atoms with E-state index in [1.807, 2.05) is 4.90 Å². The van der Waals surface area contributed by atoms with E-state index in [9.17, 15) is 14.4 Å². The van der Waals surface area contributed by atoms with Crippen LogP contribution >= 0.6 is 0 Å². The summed E-state index contributed by atoms with van der Waals surface area (Å²) in [5.74, 6) is 0.0919. The molecule has 0 aromatic heterocycles. The molecule has 3 saturated heterocycles. The molecule has 3 rings (SSSR count). The molecule has 8 heteroatoms. The molecule has 3 aliphatic heterocycles. The molecule has 3 aliphatic rings. The second-order valence-corrected chi connectivity index (χ2v) is 6.57. The van der Waals surface area contributed by atoms with Crippen molar-refractivity contribution in [2.75, 3.05) is 59.0 Å². The number of carbonyl (C=O) groups is 3. The highest BCUT2D eigenvalue weighted by molar-refractivity contribution is 5.91. The summed E-state index contributed by atoms with van der Waals surface area (Å²) in [7, 11) is 0. The molecule has 0 bridgehead atoms. The summed E-state index contributed by atoms with van der Waals surface area (Å²) in [5.41, 5.74) is 0. The monoisotopic (exact) mass is 338 g/mol. The Bertz CT molecular complexity index is 484. The number of nitrogens with one attached hydrogen (secondary N) is 1. The van der Waals surface area contributed by atoms with Gasteiger partial charge < -0.3 is 19.9 Å². The SMILES string of the molecule is O=C1CCC(C(=O)N2CCN(C(=O)CCN3CCOCC3)CC2)N1. The minimum Gasteiger partial charge on any atom is -0.379 e. The molecule has 3 fully saturated rings. The zero-order valence-corrected chi connectivity index (χ0v) is 14.0. The van der Waals surface area contributed by atoms with Gasteiger partial charge in [0.15, 0.2) is 0 Å². The Morgan fingerprint density at radius 1 is 1.04 bits per heavy atom. The fourth-order valence-electron chi connectivity index (χ4n) is 3.43. The highest BCUT2D eigenvalue weighted by atomic mass is 16.5. The van der Waals surface area contributed by atoms with Crippen LogP contribution in [0.4, 0.5) is 0 Å². The van der Waals surface area contributed by atoms with Gasteiger partial charge in [0.05, 0.1) is 13.2 Å². The number of carbonyl (C=O) groups excluding carboxylic acids is 3. The maximum Gasteiger partial charge on any atom is 0.245 e. The third-order valence-electron chi connectivity index (χ3n) is 4.98. The van der Waals surface area contributed by atoms with E-state index in [1.165, 1.54) is 0 Å². The first-order chi connectivity index (χ1) is 11.6. The molecule has 0 saturated carbocycles. The van der Waals surface area contributed by atoms with Crippen molar-refractivity contribution in [1.82, 2.24) is 20.0 Å². The zero-order chi connectivity index (χ0) is 16.9. The first kappa shape index (κ1) is 17.2. The van der Waals surface area contributed by atoms with Crippen LogP contribution in [0.2, 0.25) is 0 Å². The second-order valence-electron chi connectivity index (χ2n) is 6.57. The Kier molecular flexibility index (Phi) is 5.68. The van der Waals surface area contributed by atoms with Crippen LogP contribution < -0.4 is 5.32 Å². The van der Waals surface area contributed by atoms with Crippen LogP contribution in [0.25, 0.3) is 0 Å². The molecule has 0 radical (unpaired) electrons.